The van der Waals surface area contributed by atoms with Gasteiger partial charge in [-0.05, 0) is 44.0 Å². The minimum Gasteiger partial charge on any atom is -0.497 e. The van der Waals surface area contributed by atoms with Gasteiger partial charge in [0.05, 0.1) is 7.11 Å². The molecule has 8 nitrogen and oxygen atoms in total. The number of methoxy groups -OCH3 is 1. The average Bonchev–Trinajstić information content (AvgIpc) is 3.04. The molecule has 1 N–H and O–H groups in total. The Labute approximate surface area is 174 Å². The molecule has 0 fully saturated rings. The summed E-state index contributed by atoms with van der Waals surface area (Å²) in [6.45, 7) is 4.20. The number of hydrogen-bond donors (Lipinski definition) is 1. The van der Waals surface area contributed by atoms with Crippen LogP contribution < -0.4 is 10.2 Å². The summed E-state index contributed by atoms with van der Waals surface area (Å²) in [6.07, 6.45) is 1.20. The Kier molecular flexibility index (Phi) is 6.66. The van der Waals surface area contributed by atoms with Crippen molar-refractivity contribution >= 4 is 23.4 Å². The van der Waals surface area contributed by atoms with Crippen LogP contribution in [-0.2, 0) is 27.3 Å². The van der Waals surface area contributed by atoms with Crippen LogP contribution in [0, 0.1) is 13.8 Å². The number of rotatable bonds is 8. The zero-order chi connectivity index (χ0) is 21.7. The molecule has 1 amide bonds. The van der Waals surface area contributed by atoms with E-state index < -0.39 is 5.97 Å². The highest BCUT2D eigenvalue weighted by atomic mass is 16.5. The van der Waals surface area contributed by atoms with Crippen LogP contribution in [0.2, 0.25) is 0 Å². The van der Waals surface area contributed by atoms with E-state index in [9.17, 15) is 14.4 Å². The summed E-state index contributed by atoms with van der Waals surface area (Å²) in [7, 11) is 1.64. The highest BCUT2D eigenvalue weighted by Gasteiger charge is 2.22. The van der Waals surface area contributed by atoms with Gasteiger partial charge in [0.2, 0.25) is 11.7 Å². The second kappa shape index (κ2) is 9.39. The summed E-state index contributed by atoms with van der Waals surface area (Å²) in [5, 5.41) is 3.68. The summed E-state index contributed by atoms with van der Waals surface area (Å²) < 4.78 is 12.4. The number of Topliss-reactive ketones (excluding diaryl/α,β-unsaturated/α-hetero) is 1. The quantitative estimate of drug-likeness (QED) is 0.531. The lowest BCUT2D eigenvalue weighted by Crippen LogP contribution is -2.31. The molecule has 0 bridgehead atoms. The molecule has 0 atom stereocenters. The summed E-state index contributed by atoms with van der Waals surface area (Å²) in [5.74, 6) is -0.384. The molecule has 8 heteroatoms. The molecule has 1 aliphatic rings. The van der Waals surface area contributed by atoms with Crippen LogP contribution in [-0.4, -0.2) is 41.7 Å². The Morgan fingerprint density at radius 2 is 1.90 bits per heavy atom. The average molecular weight is 411 g/mol. The maximum Gasteiger partial charge on any atom is 0.354 e. The van der Waals surface area contributed by atoms with Crippen LogP contribution in [0.25, 0.3) is 0 Å². The Hall–Kier alpha value is -3.42. The highest BCUT2D eigenvalue weighted by molar-refractivity contribution is 6.37. The van der Waals surface area contributed by atoms with Crippen LogP contribution in [0.3, 0.4) is 0 Å². The smallest absolute Gasteiger partial charge is 0.354 e. The topological polar surface area (TPSA) is 99.0 Å². The van der Waals surface area contributed by atoms with Gasteiger partial charge in [-0.25, -0.2) is 10.2 Å². The second-order valence-corrected chi connectivity index (χ2v) is 7.13. The molecule has 30 heavy (non-hydrogen) atoms. The van der Waals surface area contributed by atoms with Crippen LogP contribution in [0.5, 0.6) is 5.75 Å². The summed E-state index contributed by atoms with van der Waals surface area (Å²) in [5.41, 5.74) is 5.87. The van der Waals surface area contributed by atoms with Gasteiger partial charge in [0.15, 0.2) is 6.61 Å². The molecule has 0 unspecified atom stereocenters. The molecule has 0 saturated carbocycles. The predicted molar refractivity (Wildman–Crippen MR) is 111 cm³/mol. The number of carbonyl (C=O) groups excluding carboxylic acids is 3. The van der Waals surface area contributed by atoms with E-state index in [1.807, 2.05) is 44.2 Å². The molecule has 1 aliphatic heterocycles. The number of hydrazone groups is 1. The minimum absolute atomic E-state index is 0.118. The Morgan fingerprint density at radius 1 is 1.17 bits per heavy atom. The third-order valence-electron chi connectivity index (χ3n) is 5.13. The third-order valence-corrected chi connectivity index (χ3v) is 5.13. The zero-order valence-electron chi connectivity index (χ0n) is 17.4. The van der Waals surface area contributed by atoms with Gasteiger partial charge in [0.1, 0.15) is 11.5 Å². The molecular weight excluding hydrogens is 386 g/mol. The molecule has 0 radical (unpaired) electrons. The lowest BCUT2D eigenvalue weighted by molar-refractivity contribution is -0.134. The van der Waals surface area contributed by atoms with Crippen LogP contribution in [0.15, 0.2) is 35.4 Å². The number of aromatic nitrogens is 1. The van der Waals surface area contributed by atoms with Gasteiger partial charge in [-0.15, -0.1) is 0 Å². The molecule has 0 saturated heterocycles. The molecular formula is C22H25N3O5. The van der Waals surface area contributed by atoms with E-state index >= 15 is 0 Å². The molecule has 3 rings (SSSR count). The summed E-state index contributed by atoms with van der Waals surface area (Å²) in [4.78, 5) is 35.7. The normalized spacial score (nSPS) is 13.4. The van der Waals surface area contributed by atoms with Crippen molar-refractivity contribution in [3.63, 3.8) is 0 Å². The highest BCUT2D eigenvalue weighted by Crippen LogP contribution is 2.18. The Balaban J connectivity index is 1.60. The number of ketones is 1. The van der Waals surface area contributed by atoms with Gasteiger partial charge >= 0.3 is 5.97 Å². The van der Waals surface area contributed by atoms with Crippen LogP contribution in [0.1, 0.15) is 40.2 Å². The number of nitrogens with one attached hydrogen (secondary N) is 1. The first-order chi connectivity index (χ1) is 14.4. The van der Waals surface area contributed by atoms with Gasteiger partial charge < -0.3 is 14.0 Å². The van der Waals surface area contributed by atoms with Crippen LogP contribution in [0.4, 0.5) is 0 Å². The number of hydrogen-bond acceptors (Lipinski definition) is 6. The van der Waals surface area contributed by atoms with Crippen molar-refractivity contribution in [1.29, 1.82) is 0 Å². The first-order valence-electron chi connectivity index (χ1n) is 9.74. The minimum atomic E-state index is -0.684. The summed E-state index contributed by atoms with van der Waals surface area (Å²) >= 11 is 0. The van der Waals surface area contributed by atoms with Crippen molar-refractivity contribution in [2.24, 2.45) is 5.10 Å². The van der Waals surface area contributed by atoms with E-state index in [2.05, 4.69) is 15.1 Å². The van der Waals surface area contributed by atoms with Gasteiger partial charge in [0.25, 0.3) is 0 Å². The van der Waals surface area contributed by atoms with Crippen molar-refractivity contribution < 1.29 is 23.9 Å². The van der Waals surface area contributed by atoms with Gasteiger partial charge in [-0.2, -0.15) is 5.10 Å². The van der Waals surface area contributed by atoms with Crippen molar-refractivity contribution in [3.8, 4) is 5.75 Å². The number of aryl methyl sites for hydroxylation is 2. The third kappa shape index (κ3) is 4.94. The van der Waals surface area contributed by atoms with E-state index in [-0.39, 0.29) is 36.9 Å². The fraction of sp³-hybridized carbons (Fsp3) is 0.364. The maximum atomic E-state index is 12.6. The first kappa shape index (κ1) is 21.3. The molecule has 0 aliphatic carbocycles. The number of carbonyl (C=O) groups is 3. The first-order valence-corrected chi connectivity index (χ1v) is 9.74. The maximum absolute atomic E-state index is 12.6. The lowest BCUT2D eigenvalue weighted by atomic mass is 10.1. The number of nitrogens with zero attached hydrogens (tertiary/aromatic N) is 2. The van der Waals surface area contributed by atoms with E-state index in [1.54, 1.807) is 7.11 Å². The van der Waals surface area contributed by atoms with Crippen molar-refractivity contribution in [1.82, 2.24) is 9.99 Å². The number of ether oxygens (including phenoxy) is 2. The zero-order valence-corrected chi connectivity index (χ0v) is 17.4. The van der Waals surface area contributed by atoms with Crippen molar-refractivity contribution in [2.45, 2.75) is 39.7 Å². The van der Waals surface area contributed by atoms with E-state index in [0.29, 0.717) is 5.56 Å². The van der Waals surface area contributed by atoms with E-state index in [4.69, 9.17) is 9.47 Å². The summed E-state index contributed by atoms with van der Waals surface area (Å²) in [6, 6.07) is 9.72. The molecule has 1 aromatic carbocycles. The standard InChI is InChI=1S/C22H25N3O5/c1-14-12-18(20(26)13-30-22(28)19-8-9-21(27)24-23-19)15(2)25(14)11-10-16-4-6-17(29-3)7-5-16/h4-7,12H,8-11,13H2,1-3H3,(H,24,27). The van der Waals surface area contributed by atoms with E-state index in [0.717, 1.165) is 30.1 Å². The largest absolute Gasteiger partial charge is 0.497 e. The SMILES string of the molecule is COc1ccc(CCn2c(C)cc(C(=O)COC(=O)C3=NNC(=O)CC3)c2C)cc1. The Bertz CT molecular complexity index is 989. The van der Waals surface area contributed by atoms with Gasteiger partial charge in [0, 0.05) is 36.3 Å². The van der Waals surface area contributed by atoms with Crippen molar-refractivity contribution in [3.05, 3.63) is 52.8 Å². The fourth-order valence-corrected chi connectivity index (χ4v) is 3.37. The predicted octanol–water partition coefficient (Wildman–Crippen LogP) is 2.35. The monoisotopic (exact) mass is 411 g/mol. The molecule has 1 aromatic heterocycles. The van der Waals surface area contributed by atoms with Gasteiger partial charge in [-0.3, -0.25) is 9.59 Å². The number of amides is 1. The number of esters is 1. The number of benzene rings is 1. The lowest BCUT2D eigenvalue weighted by Gasteiger charge is -2.11. The van der Waals surface area contributed by atoms with Gasteiger partial charge in [-0.1, -0.05) is 12.1 Å². The van der Waals surface area contributed by atoms with Crippen molar-refractivity contribution in [2.75, 3.05) is 13.7 Å². The molecule has 158 valence electrons. The fourth-order valence-electron chi connectivity index (χ4n) is 3.37. The second-order valence-electron chi connectivity index (χ2n) is 7.13. The Morgan fingerprint density at radius 3 is 2.53 bits per heavy atom. The van der Waals surface area contributed by atoms with Crippen LogP contribution >= 0.6 is 0 Å². The molecule has 2 heterocycles. The molecule has 0 spiro atoms. The molecule has 2 aromatic rings. The van der Waals surface area contributed by atoms with E-state index in [1.165, 1.54) is 5.56 Å².